The molecule has 2 nitrogen and oxygen atoms in total. The second-order valence-electron chi connectivity index (χ2n) is 6.65. The number of thiocarbonyl (C=S) groups is 1. The van der Waals surface area contributed by atoms with Crippen LogP contribution in [-0.2, 0) is 9.53 Å². The molecule has 0 amide bonds. The zero-order valence-electron chi connectivity index (χ0n) is 11.9. The summed E-state index contributed by atoms with van der Waals surface area (Å²) in [6, 6.07) is 0. The van der Waals surface area contributed by atoms with Gasteiger partial charge >= 0.3 is 5.97 Å². The second kappa shape index (κ2) is 4.92. The first kappa shape index (κ1) is 14.0. The van der Waals surface area contributed by atoms with Crippen LogP contribution in [0.5, 0.6) is 0 Å². The second-order valence-corrected chi connectivity index (χ2v) is 7.12. The normalized spacial score (nSPS) is 36.3. The van der Waals surface area contributed by atoms with Crippen LogP contribution in [0.2, 0.25) is 0 Å². The molecule has 0 bridgehead atoms. The van der Waals surface area contributed by atoms with Crippen molar-refractivity contribution >= 4 is 23.1 Å². The topological polar surface area (TPSA) is 26.3 Å². The van der Waals surface area contributed by atoms with Crippen LogP contribution in [0.4, 0.5) is 0 Å². The molecule has 2 aliphatic carbocycles. The van der Waals surface area contributed by atoms with Gasteiger partial charge in [-0.3, -0.25) is 4.79 Å². The molecule has 2 fully saturated rings. The average Bonchev–Trinajstić information content (AvgIpc) is 2.86. The molecule has 0 radical (unpaired) electrons. The van der Waals surface area contributed by atoms with Gasteiger partial charge in [-0.25, -0.2) is 0 Å². The van der Waals surface area contributed by atoms with Gasteiger partial charge in [0.1, 0.15) is 5.60 Å². The third kappa shape index (κ3) is 2.76. The zero-order chi connectivity index (χ0) is 13.5. The van der Waals surface area contributed by atoms with E-state index >= 15 is 0 Å². The van der Waals surface area contributed by atoms with Crippen LogP contribution in [0.15, 0.2) is 0 Å². The van der Waals surface area contributed by atoms with E-state index in [0.29, 0.717) is 5.92 Å². The fourth-order valence-corrected chi connectivity index (χ4v) is 3.41. The van der Waals surface area contributed by atoms with E-state index in [2.05, 4.69) is 20.8 Å². The Bertz CT molecular complexity index is 354. The van der Waals surface area contributed by atoms with Crippen molar-refractivity contribution < 1.29 is 9.53 Å². The van der Waals surface area contributed by atoms with E-state index in [4.69, 9.17) is 17.0 Å². The van der Waals surface area contributed by atoms with E-state index in [1.807, 2.05) is 6.92 Å². The highest BCUT2D eigenvalue weighted by molar-refractivity contribution is 7.81. The molecule has 0 saturated heterocycles. The molecule has 2 aliphatic rings. The number of hydrogen-bond donors (Lipinski definition) is 0. The number of ether oxygens (including phenoxy) is 1. The lowest BCUT2D eigenvalue weighted by molar-refractivity contribution is -0.164. The van der Waals surface area contributed by atoms with Crippen LogP contribution in [-0.4, -0.2) is 16.4 Å². The Hall–Kier alpha value is -0.440. The summed E-state index contributed by atoms with van der Waals surface area (Å²) in [4.78, 5) is 12.9. The molecule has 0 spiro atoms. The van der Waals surface area contributed by atoms with Gasteiger partial charge in [0.2, 0.25) is 0 Å². The first-order chi connectivity index (χ1) is 8.33. The van der Waals surface area contributed by atoms with Gasteiger partial charge in [-0.2, -0.15) is 0 Å². The molecule has 0 aromatic heterocycles. The minimum atomic E-state index is -0.338. The molecule has 2 rings (SSSR count). The van der Waals surface area contributed by atoms with Crippen LogP contribution in [0, 0.1) is 23.7 Å². The van der Waals surface area contributed by atoms with Crippen molar-refractivity contribution in [3.8, 4) is 0 Å². The third-order valence-electron chi connectivity index (χ3n) is 4.76. The molecule has 0 aromatic rings. The van der Waals surface area contributed by atoms with Crippen molar-refractivity contribution in [3.63, 3.8) is 0 Å². The Labute approximate surface area is 115 Å². The summed E-state index contributed by atoms with van der Waals surface area (Å²) in [6.07, 6.45) is 4.85. The van der Waals surface area contributed by atoms with Crippen molar-refractivity contribution in [2.45, 2.75) is 59.0 Å². The molecular formula is C15H24O2S. The summed E-state index contributed by atoms with van der Waals surface area (Å²) in [5.74, 6) is 1.36. The summed E-state index contributed by atoms with van der Waals surface area (Å²) >= 11 is 5.13. The van der Waals surface area contributed by atoms with Crippen molar-refractivity contribution in [2.75, 3.05) is 0 Å². The molecule has 2 saturated carbocycles. The van der Waals surface area contributed by atoms with Gasteiger partial charge in [0.25, 0.3) is 0 Å². The number of hydrogen-bond acceptors (Lipinski definition) is 3. The third-order valence-corrected chi connectivity index (χ3v) is 5.39. The van der Waals surface area contributed by atoms with Crippen LogP contribution in [0.25, 0.3) is 0 Å². The van der Waals surface area contributed by atoms with E-state index in [1.54, 1.807) is 0 Å². The number of carbonyl (C=O) groups is 1. The van der Waals surface area contributed by atoms with Gasteiger partial charge in [-0.1, -0.05) is 38.9 Å². The highest BCUT2D eigenvalue weighted by Crippen LogP contribution is 2.41. The van der Waals surface area contributed by atoms with E-state index in [9.17, 15) is 4.79 Å². The molecule has 0 aliphatic heterocycles. The fraction of sp³-hybridized carbons (Fsp3) is 0.867. The monoisotopic (exact) mass is 268 g/mol. The standard InChI is InChI=1S/C15H24O2S/c1-9-5-7-11(8-6-9)15(3,4)17-14(16)12-10(2)13(12)18/h9-12H,5-8H2,1-4H3. The number of carbonyl (C=O) groups excluding carboxylic acids is 1. The van der Waals surface area contributed by atoms with Gasteiger partial charge in [0.15, 0.2) is 0 Å². The Morgan fingerprint density at radius 2 is 1.72 bits per heavy atom. The van der Waals surface area contributed by atoms with Crippen molar-refractivity contribution in [3.05, 3.63) is 0 Å². The molecule has 0 heterocycles. The van der Waals surface area contributed by atoms with Crippen LogP contribution < -0.4 is 0 Å². The predicted molar refractivity (Wildman–Crippen MR) is 76.5 cm³/mol. The molecule has 0 N–H and O–H groups in total. The predicted octanol–water partition coefficient (Wildman–Crippen LogP) is 3.77. The molecule has 0 aromatic carbocycles. The Balaban J connectivity index is 1.91. The smallest absolute Gasteiger partial charge is 0.315 e. The van der Waals surface area contributed by atoms with Crippen molar-refractivity contribution in [2.24, 2.45) is 23.7 Å². The maximum atomic E-state index is 12.0. The Kier molecular flexibility index (Phi) is 3.82. The summed E-state index contributed by atoms with van der Waals surface area (Å²) in [7, 11) is 0. The molecule has 2 atom stereocenters. The summed E-state index contributed by atoms with van der Waals surface area (Å²) in [5, 5.41) is 0. The van der Waals surface area contributed by atoms with Gasteiger partial charge in [-0.15, -0.1) is 0 Å². The molecule has 2 unspecified atom stereocenters. The number of esters is 1. The maximum absolute atomic E-state index is 12.0. The van der Waals surface area contributed by atoms with Gasteiger partial charge in [0, 0.05) is 10.8 Å². The lowest BCUT2D eigenvalue weighted by Crippen LogP contribution is -2.39. The van der Waals surface area contributed by atoms with E-state index in [-0.39, 0.29) is 23.4 Å². The summed E-state index contributed by atoms with van der Waals surface area (Å²) in [6.45, 7) is 8.42. The summed E-state index contributed by atoms with van der Waals surface area (Å²) in [5.41, 5.74) is -0.338. The lowest BCUT2D eigenvalue weighted by Gasteiger charge is -2.38. The van der Waals surface area contributed by atoms with Gasteiger partial charge in [0.05, 0.1) is 5.92 Å². The van der Waals surface area contributed by atoms with E-state index < -0.39 is 0 Å². The first-order valence-corrected chi connectivity index (χ1v) is 7.50. The minimum absolute atomic E-state index is 0.101. The summed E-state index contributed by atoms with van der Waals surface area (Å²) < 4.78 is 5.75. The SMILES string of the molecule is CC1CCC(C(C)(C)OC(=O)C2C(=S)C2C)CC1. The van der Waals surface area contributed by atoms with Crippen LogP contribution >= 0.6 is 12.2 Å². The molecule has 102 valence electrons. The van der Waals surface area contributed by atoms with E-state index in [0.717, 1.165) is 10.8 Å². The van der Waals surface area contributed by atoms with Crippen molar-refractivity contribution in [1.29, 1.82) is 0 Å². The largest absolute Gasteiger partial charge is 0.459 e. The van der Waals surface area contributed by atoms with Crippen LogP contribution in [0.3, 0.4) is 0 Å². The van der Waals surface area contributed by atoms with Crippen molar-refractivity contribution in [1.82, 2.24) is 0 Å². The Morgan fingerprint density at radius 3 is 2.17 bits per heavy atom. The minimum Gasteiger partial charge on any atom is -0.459 e. The molecule has 18 heavy (non-hydrogen) atoms. The Morgan fingerprint density at radius 1 is 1.22 bits per heavy atom. The average molecular weight is 268 g/mol. The maximum Gasteiger partial charge on any atom is 0.315 e. The van der Waals surface area contributed by atoms with Gasteiger partial charge in [-0.05, 0) is 38.5 Å². The number of rotatable bonds is 3. The molecule has 3 heteroatoms. The quantitative estimate of drug-likeness (QED) is 0.576. The fourth-order valence-electron chi connectivity index (χ4n) is 3.05. The zero-order valence-corrected chi connectivity index (χ0v) is 12.7. The first-order valence-electron chi connectivity index (χ1n) is 7.09. The molecular weight excluding hydrogens is 244 g/mol. The highest BCUT2D eigenvalue weighted by atomic mass is 32.1. The lowest BCUT2D eigenvalue weighted by atomic mass is 9.75. The van der Waals surface area contributed by atoms with Gasteiger partial charge < -0.3 is 4.74 Å². The highest BCUT2D eigenvalue weighted by Gasteiger charge is 2.49. The van der Waals surface area contributed by atoms with Crippen LogP contribution in [0.1, 0.15) is 53.4 Å². The van der Waals surface area contributed by atoms with E-state index in [1.165, 1.54) is 25.7 Å².